The van der Waals surface area contributed by atoms with Gasteiger partial charge in [0.25, 0.3) is 0 Å². The molecule has 58 valence electrons. The van der Waals surface area contributed by atoms with Crippen molar-refractivity contribution >= 4 is 0 Å². The molecule has 2 atom stereocenters. The van der Waals surface area contributed by atoms with Gasteiger partial charge in [-0.15, -0.1) is 0 Å². The third kappa shape index (κ3) is 1.20. The Bertz CT molecular complexity index is 233. The van der Waals surface area contributed by atoms with E-state index in [1.54, 1.807) is 0 Å². The number of ether oxygens (including phenoxy) is 1. The van der Waals surface area contributed by atoms with Crippen molar-refractivity contribution in [3.63, 3.8) is 0 Å². The van der Waals surface area contributed by atoms with Crippen LogP contribution in [0.5, 0.6) is 0 Å². The molecule has 0 aromatic heterocycles. The maximum Gasteiger partial charge on any atom is 0.0928 e. The quantitative estimate of drug-likeness (QED) is 0.519. The molecule has 1 aliphatic heterocycles. The van der Waals surface area contributed by atoms with E-state index in [-0.39, 0.29) is 11.8 Å². The first-order chi connectivity index (χ1) is 5.11. The van der Waals surface area contributed by atoms with Crippen LogP contribution in [0.4, 0.5) is 0 Å². The average Bonchev–Trinajstić information content (AvgIpc) is 2.24. The lowest BCUT2D eigenvalue weighted by atomic mass is 9.85. The molecular formula is C8H10N2O. The molecule has 1 fully saturated rings. The highest BCUT2D eigenvalue weighted by atomic mass is 16.5. The van der Waals surface area contributed by atoms with Crippen molar-refractivity contribution in [2.75, 3.05) is 6.61 Å². The predicted octanol–water partition coefficient (Wildman–Crippen LogP) is 1.07. The first kappa shape index (κ1) is 8.04. The van der Waals surface area contributed by atoms with Gasteiger partial charge in [-0.05, 0) is 13.8 Å². The minimum Gasteiger partial charge on any atom is -0.373 e. The van der Waals surface area contributed by atoms with Crippen molar-refractivity contribution in [2.45, 2.75) is 19.4 Å². The van der Waals surface area contributed by atoms with Crippen LogP contribution in [-0.2, 0) is 4.74 Å². The Kier molecular flexibility index (Phi) is 1.85. The summed E-state index contributed by atoms with van der Waals surface area (Å²) in [4.78, 5) is 0. The van der Waals surface area contributed by atoms with Gasteiger partial charge in [0, 0.05) is 0 Å². The summed E-state index contributed by atoms with van der Waals surface area (Å²) in [7, 11) is 0. The molecule has 0 aliphatic carbocycles. The van der Waals surface area contributed by atoms with Crippen molar-refractivity contribution in [1.82, 2.24) is 0 Å². The van der Waals surface area contributed by atoms with Gasteiger partial charge < -0.3 is 4.74 Å². The number of hydrogen-bond donors (Lipinski definition) is 0. The maximum atomic E-state index is 8.72. The molecule has 3 heteroatoms. The topological polar surface area (TPSA) is 56.8 Å². The number of nitriles is 2. The molecule has 0 amide bonds. The molecule has 11 heavy (non-hydrogen) atoms. The molecule has 0 saturated carbocycles. The first-order valence-corrected chi connectivity index (χ1v) is 3.55. The fourth-order valence-electron chi connectivity index (χ4n) is 1.33. The van der Waals surface area contributed by atoms with Crippen LogP contribution in [0, 0.1) is 34.5 Å². The van der Waals surface area contributed by atoms with Crippen LogP contribution in [0.2, 0.25) is 0 Å². The summed E-state index contributed by atoms with van der Waals surface area (Å²) in [5.74, 6) is -0.539. The third-order valence-corrected chi connectivity index (χ3v) is 2.09. The molecule has 0 N–H and O–H groups in total. The van der Waals surface area contributed by atoms with Crippen LogP contribution in [0.1, 0.15) is 13.8 Å². The van der Waals surface area contributed by atoms with Gasteiger partial charge in [0.15, 0.2) is 0 Å². The fraction of sp³-hybridized carbons (Fsp3) is 0.750. The van der Waals surface area contributed by atoms with Crippen molar-refractivity contribution in [3.8, 4) is 12.1 Å². The van der Waals surface area contributed by atoms with E-state index < -0.39 is 5.60 Å². The summed E-state index contributed by atoms with van der Waals surface area (Å²) in [5.41, 5.74) is -0.449. The highest BCUT2D eigenvalue weighted by molar-refractivity contribution is 5.09. The Morgan fingerprint density at radius 1 is 1.36 bits per heavy atom. The zero-order valence-corrected chi connectivity index (χ0v) is 6.66. The molecule has 1 saturated heterocycles. The monoisotopic (exact) mass is 150 g/mol. The van der Waals surface area contributed by atoms with E-state index in [0.29, 0.717) is 6.61 Å². The van der Waals surface area contributed by atoms with Crippen molar-refractivity contribution in [1.29, 1.82) is 10.5 Å². The lowest BCUT2D eigenvalue weighted by Gasteiger charge is -2.20. The summed E-state index contributed by atoms with van der Waals surface area (Å²) < 4.78 is 5.30. The van der Waals surface area contributed by atoms with Crippen molar-refractivity contribution in [3.05, 3.63) is 0 Å². The molecule has 0 spiro atoms. The molecule has 1 aliphatic rings. The molecule has 0 aromatic carbocycles. The number of hydrogen-bond acceptors (Lipinski definition) is 3. The highest BCUT2D eigenvalue weighted by Crippen LogP contribution is 2.34. The van der Waals surface area contributed by atoms with E-state index in [2.05, 4.69) is 12.1 Å². The lowest BCUT2D eigenvalue weighted by Crippen LogP contribution is -2.28. The van der Waals surface area contributed by atoms with Gasteiger partial charge in [-0.1, -0.05) is 0 Å². The van der Waals surface area contributed by atoms with Crippen LogP contribution in [0.25, 0.3) is 0 Å². The molecule has 1 rings (SSSR count). The third-order valence-electron chi connectivity index (χ3n) is 2.09. The average molecular weight is 150 g/mol. The first-order valence-electron chi connectivity index (χ1n) is 3.55. The predicted molar refractivity (Wildman–Crippen MR) is 38.2 cm³/mol. The normalized spacial score (nSPS) is 34.2. The molecule has 0 unspecified atom stereocenters. The van der Waals surface area contributed by atoms with E-state index in [1.165, 1.54) is 0 Å². The zero-order valence-electron chi connectivity index (χ0n) is 6.66. The summed E-state index contributed by atoms with van der Waals surface area (Å²) >= 11 is 0. The summed E-state index contributed by atoms with van der Waals surface area (Å²) in [5, 5.41) is 17.3. The van der Waals surface area contributed by atoms with Gasteiger partial charge in [0.2, 0.25) is 0 Å². The van der Waals surface area contributed by atoms with Gasteiger partial charge in [-0.25, -0.2) is 0 Å². The second-order valence-electron chi connectivity index (χ2n) is 3.26. The molecular weight excluding hydrogens is 140 g/mol. The van der Waals surface area contributed by atoms with E-state index in [4.69, 9.17) is 15.3 Å². The number of nitrogens with zero attached hydrogens (tertiary/aromatic N) is 2. The Labute approximate surface area is 66.2 Å². The van der Waals surface area contributed by atoms with Crippen LogP contribution in [0.3, 0.4) is 0 Å². The molecule has 0 aromatic rings. The fourth-order valence-corrected chi connectivity index (χ4v) is 1.33. The van der Waals surface area contributed by atoms with Crippen molar-refractivity contribution in [2.24, 2.45) is 11.8 Å². The Morgan fingerprint density at radius 3 is 2.36 bits per heavy atom. The minimum atomic E-state index is -0.449. The number of rotatable bonds is 0. The van der Waals surface area contributed by atoms with Gasteiger partial charge in [-0.2, -0.15) is 10.5 Å². The van der Waals surface area contributed by atoms with Crippen molar-refractivity contribution < 1.29 is 4.74 Å². The van der Waals surface area contributed by atoms with Crippen LogP contribution in [-0.4, -0.2) is 12.2 Å². The SMILES string of the molecule is CC1(C)OC[C@@H](C#N)[C@@H]1C#N. The van der Waals surface area contributed by atoms with Crippen LogP contribution in [0.15, 0.2) is 0 Å². The highest BCUT2D eigenvalue weighted by Gasteiger charge is 2.43. The Morgan fingerprint density at radius 2 is 2.00 bits per heavy atom. The molecule has 0 radical (unpaired) electrons. The van der Waals surface area contributed by atoms with Gasteiger partial charge in [0.1, 0.15) is 0 Å². The van der Waals surface area contributed by atoms with E-state index in [0.717, 1.165) is 0 Å². The van der Waals surface area contributed by atoms with Crippen LogP contribution >= 0.6 is 0 Å². The second-order valence-corrected chi connectivity index (χ2v) is 3.26. The largest absolute Gasteiger partial charge is 0.373 e. The zero-order chi connectivity index (χ0) is 8.48. The lowest BCUT2D eigenvalue weighted by molar-refractivity contribution is 0.0224. The second kappa shape index (κ2) is 2.53. The smallest absolute Gasteiger partial charge is 0.0928 e. The van der Waals surface area contributed by atoms with E-state index >= 15 is 0 Å². The summed E-state index contributed by atoms with van der Waals surface area (Å²) in [6, 6.07) is 4.18. The summed E-state index contributed by atoms with van der Waals surface area (Å²) in [6.45, 7) is 4.08. The molecule has 1 heterocycles. The minimum absolute atomic E-state index is 0.255. The standard InChI is InChI=1S/C8H10N2O/c1-8(2)7(4-10)6(3-9)5-11-8/h6-7H,5H2,1-2H3/t6-,7+/m1/s1. The van der Waals surface area contributed by atoms with Gasteiger partial charge in [-0.3, -0.25) is 0 Å². The molecule has 0 bridgehead atoms. The summed E-state index contributed by atoms with van der Waals surface area (Å²) in [6.07, 6.45) is 0. The molecule has 3 nitrogen and oxygen atoms in total. The van der Waals surface area contributed by atoms with E-state index in [9.17, 15) is 0 Å². The van der Waals surface area contributed by atoms with E-state index in [1.807, 2.05) is 13.8 Å². The van der Waals surface area contributed by atoms with Gasteiger partial charge in [0.05, 0.1) is 36.2 Å². The Hall–Kier alpha value is -1.06. The maximum absolute atomic E-state index is 8.72. The van der Waals surface area contributed by atoms with Crippen LogP contribution < -0.4 is 0 Å². The van der Waals surface area contributed by atoms with Gasteiger partial charge >= 0.3 is 0 Å². The Balaban J connectivity index is 2.83.